The van der Waals surface area contributed by atoms with E-state index in [1.54, 1.807) is 24.6 Å². The molecule has 4 rings (SSSR count). The molecule has 2 amide bonds. The number of fused-ring (bicyclic) bond motifs is 1. The van der Waals surface area contributed by atoms with E-state index in [0.29, 0.717) is 33.0 Å². The number of carboxylic acid groups (broad SMARTS) is 1. The molecule has 1 saturated heterocycles. The van der Waals surface area contributed by atoms with Gasteiger partial charge in [0.2, 0.25) is 0 Å². The van der Waals surface area contributed by atoms with Gasteiger partial charge >= 0.3 is 12.3 Å². The molecule has 3 aromatic rings. The molecule has 1 aromatic heterocycles. The third-order valence-electron chi connectivity index (χ3n) is 6.19. The summed E-state index contributed by atoms with van der Waals surface area (Å²) in [4.78, 5) is 31.5. The van der Waals surface area contributed by atoms with Crippen LogP contribution in [-0.2, 0) is 19.6 Å². The molecule has 1 N–H and O–H groups in total. The lowest BCUT2D eigenvalue weighted by atomic mass is 10.1. The molecule has 186 valence electrons. The van der Waals surface area contributed by atoms with Crippen molar-refractivity contribution in [2.45, 2.75) is 19.5 Å². The van der Waals surface area contributed by atoms with Crippen LogP contribution in [0.3, 0.4) is 0 Å². The fourth-order valence-corrected chi connectivity index (χ4v) is 4.77. The Morgan fingerprint density at radius 2 is 1.71 bits per heavy atom. The third kappa shape index (κ3) is 4.77. The van der Waals surface area contributed by atoms with Crippen LogP contribution in [0.1, 0.15) is 32.9 Å². The van der Waals surface area contributed by atoms with Gasteiger partial charge in [-0.15, -0.1) is 0 Å². The molecule has 0 bridgehead atoms. The van der Waals surface area contributed by atoms with E-state index in [2.05, 4.69) is 4.98 Å². The number of piperazine rings is 1. The quantitative estimate of drug-likeness (QED) is 0.504. The fraction of sp³-hybridized carbons (Fsp3) is 0.348. The maximum Gasteiger partial charge on any atom is 0.416 e. The zero-order valence-corrected chi connectivity index (χ0v) is 20.3. The lowest BCUT2D eigenvalue weighted by molar-refractivity contribution is -0.137. The molecule has 1 aliphatic rings. The van der Waals surface area contributed by atoms with Crippen molar-refractivity contribution in [1.29, 1.82) is 0 Å². The van der Waals surface area contributed by atoms with Crippen molar-refractivity contribution in [1.82, 2.24) is 19.4 Å². The first-order valence-corrected chi connectivity index (χ1v) is 11.4. The maximum atomic E-state index is 13.3. The highest BCUT2D eigenvalue weighted by molar-refractivity contribution is 6.38. The summed E-state index contributed by atoms with van der Waals surface area (Å²) in [7, 11) is 1.61. The standard InChI is InChI=1S/C23H21Cl2F3N4O3/c1-12-9-13(23(26,27)28)10-17-20(12)29-18(30(17)2)11-15-16(24)4-3-14(19(15)25)21(33)31-5-7-32(8-6-31)22(34)35/h3-4,9-10H,5-8,11H2,1-2H3,(H,34,35). The van der Waals surface area contributed by atoms with Crippen molar-refractivity contribution in [3.63, 3.8) is 0 Å². The van der Waals surface area contributed by atoms with Crippen LogP contribution in [-0.4, -0.2) is 62.6 Å². The normalized spacial score (nSPS) is 14.6. The van der Waals surface area contributed by atoms with E-state index in [1.807, 2.05) is 0 Å². The van der Waals surface area contributed by atoms with Crippen LogP contribution in [0.4, 0.5) is 18.0 Å². The molecule has 0 atom stereocenters. The summed E-state index contributed by atoms with van der Waals surface area (Å²) in [6.45, 7) is 2.41. The zero-order chi connectivity index (χ0) is 25.7. The number of amides is 2. The largest absolute Gasteiger partial charge is 0.465 e. The number of carbonyl (C=O) groups is 2. The SMILES string of the molecule is Cc1cc(C(F)(F)F)cc2c1nc(Cc1c(Cl)ccc(C(=O)N3CCN(C(=O)O)CC3)c1Cl)n2C. The predicted octanol–water partition coefficient (Wildman–Crippen LogP) is 5.23. The van der Waals surface area contributed by atoms with E-state index in [0.717, 1.165) is 12.1 Å². The van der Waals surface area contributed by atoms with Crippen LogP contribution in [0.2, 0.25) is 10.0 Å². The monoisotopic (exact) mass is 528 g/mol. The number of nitrogens with zero attached hydrogens (tertiary/aromatic N) is 4. The number of hydrogen-bond acceptors (Lipinski definition) is 3. The lowest BCUT2D eigenvalue weighted by Crippen LogP contribution is -2.50. The first-order valence-electron chi connectivity index (χ1n) is 10.7. The van der Waals surface area contributed by atoms with Gasteiger partial charge < -0.3 is 19.5 Å². The number of aryl methyl sites for hydroxylation is 2. The number of carbonyl (C=O) groups excluding carboxylic acids is 1. The first kappa shape index (κ1) is 25.1. The molecule has 1 fully saturated rings. The summed E-state index contributed by atoms with van der Waals surface area (Å²) in [6, 6.07) is 5.16. The summed E-state index contributed by atoms with van der Waals surface area (Å²) in [5.41, 5.74) is 1.02. The van der Waals surface area contributed by atoms with Crippen molar-refractivity contribution in [3.05, 3.63) is 62.4 Å². The van der Waals surface area contributed by atoms with Gasteiger partial charge in [0.25, 0.3) is 5.91 Å². The number of halogens is 5. The highest BCUT2D eigenvalue weighted by atomic mass is 35.5. The molecule has 2 heterocycles. The summed E-state index contributed by atoms with van der Waals surface area (Å²) in [5.74, 6) is 0.0829. The number of aromatic nitrogens is 2. The molecule has 12 heteroatoms. The maximum absolute atomic E-state index is 13.3. The molecule has 0 aliphatic carbocycles. The minimum Gasteiger partial charge on any atom is -0.465 e. The van der Waals surface area contributed by atoms with Crippen LogP contribution in [0.5, 0.6) is 0 Å². The molecule has 2 aromatic carbocycles. The fourth-order valence-electron chi connectivity index (χ4n) is 4.18. The molecule has 0 saturated carbocycles. The molecule has 35 heavy (non-hydrogen) atoms. The van der Waals surface area contributed by atoms with Crippen molar-refractivity contribution < 1.29 is 27.9 Å². The molecule has 1 aliphatic heterocycles. The Kier molecular flexibility index (Phi) is 6.63. The van der Waals surface area contributed by atoms with Crippen LogP contribution in [0.15, 0.2) is 24.3 Å². The van der Waals surface area contributed by atoms with Gasteiger partial charge in [-0.1, -0.05) is 23.2 Å². The van der Waals surface area contributed by atoms with Gasteiger partial charge in [0, 0.05) is 44.7 Å². The van der Waals surface area contributed by atoms with Gasteiger partial charge in [0.15, 0.2) is 0 Å². The second kappa shape index (κ2) is 9.23. The van der Waals surface area contributed by atoms with Gasteiger partial charge in [-0.25, -0.2) is 9.78 Å². The molecule has 0 unspecified atom stereocenters. The van der Waals surface area contributed by atoms with Gasteiger partial charge in [0.1, 0.15) is 5.82 Å². The Morgan fingerprint density at radius 1 is 1.09 bits per heavy atom. The Morgan fingerprint density at radius 3 is 2.31 bits per heavy atom. The van der Waals surface area contributed by atoms with E-state index < -0.39 is 17.8 Å². The van der Waals surface area contributed by atoms with Crippen molar-refractivity contribution in [3.8, 4) is 0 Å². The topological polar surface area (TPSA) is 78.7 Å². The molecule has 0 radical (unpaired) electrons. The second-order valence-electron chi connectivity index (χ2n) is 8.37. The summed E-state index contributed by atoms with van der Waals surface area (Å²) < 4.78 is 41.4. The summed E-state index contributed by atoms with van der Waals surface area (Å²) >= 11 is 13.0. The third-order valence-corrected chi connectivity index (χ3v) is 6.97. The van der Waals surface area contributed by atoms with Gasteiger partial charge in [-0.2, -0.15) is 13.2 Å². The smallest absolute Gasteiger partial charge is 0.416 e. The highest BCUT2D eigenvalue weighted by Crippen LogP contribution is 2.35. The average molecular weight is 529 g/mol. The summed E-state index contributed by atoms with van der Waals surface area (Å²) in [6.07, 6.45) is -5.43. The van der Waals surface area contributed by atoms with E-state index in [-0.39, 0.29) is 49.1 Å². The number of hydrogen-bond donors (Lipinski definition) is 1. The molecular weight excluding hydrogens is 508 g/mol. The van der Waals surface area contributed by atoms with E-state index in [9.17, 15) is 22.8 Å². The number of imidazole rings is 1. The average Bonchev–Trinajstić information content (AvgIpc) is 3.11. The molecular formula is C23H21Cl2F3N4O3. The van der Waals surface area contributed by atoms with Gasteiger partial charge in [0.05, 0.1) is 27.2 Å². The highest BCUT2D eigenvalue weighted by Gasteiger charge is 2.32. The Hall–Kier alpha value is -2.98. The Balaban J connectivity index is 1.66. The predicted molar refractivity (Wildman–Crippen MR) is 125 cm³/mol. The molecule has 7 nitrogen and oxygen atoms in total. The van der Waals surface area contributed by atoms with Crippen molar-refractivity contribution >= 4 is 46.2 Å². The minimum absolute atomic E-state index is 0.0948. The van der Waals surface area contributed by atoms with Crippen LogP contribution in [0.25, 0.3) is 11.0 Å². The van der Waals surface area contributed by atoms with Crippen molar-refractivity contribution in [2.24, 2.45) is 7.05 Å². The first-order chi connectivity index (χ1) is 16.4. The summed E-state index contributed by atoms with van der Waals surface area (Å²) in [5, 5.41) is 9.52. The Labute approximate surface area is 208 Å². The van der Waals surface area contributed by atoms with E-state index in [1.165, 1.54) is 15.9 Å². The number of alkyl halides is 3. The van der Waals surface area contributed by atoms with Crippen molar-refractivity contribution in [2.75, 3.05) is 26.2 Å². The van der Waals surface area contributed by atoms with E-state index in [4.69, 9.17) is 28.3 Å². The lowest BCUT2D eigenvalue weighted by Gasteiger charge is -2.33. The van der Waals surface area contributed by atoms with Gasteiger partial charge in [-0.3, -0.25) is 4.79 Å². The number of rotatable bonds is 3. The zero-order valence-electron chi connectivity index (χ0n) is 18.8. The van der Waals surface area contributed by atoms with Crippen LogP contribution < -0.4 is 0 Å². The van der Waals surface area contributed by atoms with Gasteiger partial charge in [-0.05, 0) is 42.3 Å². The number of benzene rings is 2. The minimum atomic E-state index is -4.49. The molecule has 0 spiro atoms. The van der Waals surface area contributed by atoms with Crippen LogP contribution in [0, 0.1) is 6.92 Å². The Bertz CT molecular complexity index is 1330. The van der Waals surface area contributed by atoms with E-state index >= 15 is 0 Å². The van der Waals surface area contributed by atoms with Crippen LogP contribution >= 0.6 is 23.2 Å². The second-order valence-corrected chi connectivity index (χ2v) is 9.16.